The van der Waals surface area contributed by atoms with Crippen LogP contribution in [0.2, 0.25) is 0 Å². The Morgan fingerprint density at radius 2 is 1.36 bits per heavy atom. The van der Waals surface area contributed by atoms with Gasteiger partial charge in [-0.15, -0.1) is 0 Å². The van der Waals surface area contributed by atoms with Crippen LogP contribution < -0.4 is 0 Å². The quantitative estimate of drug-likeness (QED) is 0.185. The highest BCUT2D eigenvalue weighted by atomic mass is 16.5. The molecule has 1 atom stereocenters. The maximum Gasteiger partial charge on any atom is 0.330 e. The molecule has 1 N–H and O–H groups in total. The van der Waals surface area contributed by atoms with E-state index in [9.17, 15) is 9.59 Å². The molecule has 0 aromatic rings. The van der Waals surface area contributed by atoms with E-state index in [-0.39, 0.29) is 12.1 Å². The number of carboxylic acid groups (broad SMARTS) is 1. The average molecular weight is 355 g/mol. The summed E-state index contributed by atoms with van der Waals surface area (Å²) in [6, 6.07) is 0. The summed E-state index contributed by atoms with van der Waals surface area (Å²) in [7, 11) is 0. The van der Waals surface area contributed by atoms with Crippen LogP contribution in [0.15, 0.2) is 12.7 Å². The van der Waals surface area contributed by atoms with Crippen molar-refractivity contribution in [2.75, 3.05) is 0 Å². The Hall–Kier alpha value is -1.32. The number of unbranched alkanes of at least 4 members (excludes halogenated alkanes) is 10. The van der Waals surface area contributed by atoms with Crippen molar-refractivity contribution < 1.29 is 19.4 Å². The fraction of sp³-hybridized carbons (Fsp3) is 0.810. The highest BCUT2D eigenvalue weighted by Gasteiger charge is 2.12. The summed E-state index contributed by atoms with van der Waals surface area (Å²) in [4.78, 5) is 21.8. The topological polar surface area (TPSA) is 63.6 Å². The summed E-state index contributed by atoms with van der Waals surface area (Å²) in [5.41, 5.74) is 0. The van der Waals surface area contributed by atoms with Crippen molar-refractivity contribution in [1.82, 2.24) is 0 Å². The zero-order chi connectivity index (χ0) is 18.8. The number of aliphatic carboxylic acids is 1. The van der Waals surface area contributed by atoms with Crippen LogP contribution >= 0.6 is 0 Å². The second-order valence-electron chi connectivity index (χ2n) is 6.87. The molecule has 0 rings (SSSR count). The Balaban J connectivity index is 3.66. The van der Waals surface area contributed by atoms with E-state index in [1.54, 1.807) is 0 Å². The van der Waals surface area contributed by atoms with E-state index in [1.165, 1.54) is 51.0 Å². The third kappa shape index (κ3) is 17.3. The van der Waals surface area contributed by atoms with Crippen LogP contribution in [0.5, 0.6) is 0 Å². The van der Waals surface area contributed by atoms with Crippen LogP contribution in [0.3, 0.4) is 0 Å². The minimum absolute atomic E-state index is 0.0402. The third-order valence-electron chi connectivity index (χ3n) is 4.50. The number of rotatable bonds is 18. The lowest BCUT2D eigenvalue weighted by Crippen LogP contribution is -2.16. The molecule has 0 aliphatic rings. The number of hydrogen-bond acceptors (Lipinski definition) is 3. The predicted octanol–water partition coefficient (Wildman–Crippen LogP) is 6.04. The van der Waals surface area contributed by atoms with Crippen molar-refractivity contribution in [1.29, 1.82) is 0 Å². The lowest BCUT2D eigenvalue weighted by Gasteiger charge is -2.17. The SMILES string of the molecule is C=CC(=O)OC(CCCCCC)CCCCCCCCCCC(=O)O. The van der Waals surface area contributed by atoms with Crippen molar-refractivity contribution in [3.8, 4) is 0 Å². The van der Waals surface area contributed by atoms with Gasteiger partial charge in [-0.25, -0.2) is 4.79 Å². The molecule has 0 aliphatic carbocycles. The maximum atomic E-state index is 11.4. The van der Waals surface area contributed by atoms with Gasteiger partial charge in [0.25, 0.3) is 0 Å². The molecule has 0 fully saturated rings. The lowest BCUT2D eigenvalue weighted by molar-refractivity contribution is -0.143. The number of carboxylic acids is 1. The van der Waals surface area contributed by atoms with Crippen LogP contribution in [-0.4, -0.2) is 23.1 Å². The van der Waals surface area contributed by atoms with E-state index in [2.05, 4.69) is 13.5 Å². The summed E-state index contributed by atoms with van der Waals surface area (Å²) < 4.78 is 5.47. The van der Waals surface area contributed by atoms with E-state index < -0.39 is 5.97 Å². The molecule has 4 heteroatoms. The number of hydrogen-bond donors (Lipinski definition) is 1. The molecule has 1 unspecified atom stereocenters. The van der Waals surface area contributed by atoms with E-state index in [4.69, 9.17) is 9.84 Å². The van der Waals surface area contributed by atoms with Gasteiger partial charge in [-0.2, -0.15) is 0 Å². The lowest BCUT2D eigenvalue weighted by atomic mass is 10.0. The van der Waals surface area contributed by atoms with Crippen molar-refractivity contribution >= 4 is 11.9 Å². The summed E-state index contributed by atoms with van der Waals surface area (Å²) in [6.45, 7) is 5.67. The molecule has 0 radical (unpaired) electrons. The Kier molecular flexibility index (Phi) is 16.6. The number of esters is 1. The summed E-state index contributed by atoms with van der Waals surface area (Å²) >= 11 is 0. The fourth-order valence-corrected chi connectivity index (χ4v) is 2.98. The van der Waals surface area contributed by atoms with Crippen LogP contribution in [0.25, 0.3) is 0 Å². The van der Waals surface area contributed by atoms with Crippen LogP contribution in [0, 0.1) is 0 Å². The predicted molar refractivity (Wildman–Crippen MR) is 103 cm³/mol. The van der Waals surface area contributed by atoms with Gasteiger partial charge >= 0.3 is 11.9 Å². The molecular formula is C21H38O4. The molecule has 0 amide bonds. The zero-order valence-electron chi connectivity index (χ0n) is 16.1. The monoisotopic (exact) mass is 354 g/mol. The highest BCUT2D eigenvalue weighted by Crippen LogP contribution is 2.17. The normalized spacial score (nSPS) is 11.9. The standard InChI is InChI=1S/C21H38O4/c1-3-5-6-13-16-19(25-21(24)4-2)17-14-11-9-7-8-10-12-15-18-20(22)23/h4,19H,2-3,5-18H2,1H3,(H,22,23). The van der Waals surface area contributed by atoms with Crippen molar-refractivity contribution in [2.45, 2.75) is 109 Å². The van der Waals surface area contributed by atoms with Gasteiger partial charge in [-0.1, -0.05) is 71.3 Å². The molecule has 146 valence electrons. The summed E-state index contributed by atoms with van der Waals surface area (Å²) in [5.74, 6) is -0.997. The van der Waals surface area contributed by atoms with E-state index in [0.29, 0.717) is 6.42 Å². The molecule has 0 bridgehead atoms. The molecule has 0 aromatic heterocycles. The first kappa shape index (κ1) is 23.7. The van der Waals surface area contributed by atoms with Gasteiger partial charge in [0.1, 0.15) is 6.10 Å². The Labute approximate surface area is 154 Å². The molecule has 0 heterocycles. The Morgan fingerprint density at radius 3 is 1.84 bits per heavy atom. The average Bonchev–Trinajstić information content (AvgIpc) is 2.59. The number of ether oxygens (including phenoxy) is 1. The second-order valence-corrected chi connectivity index (χ2v) is 6.87. The zero-order valence-corrected chi connectivity index (χ0v) is 16.1. The van der Waals surface area contributed by atoms with Gasteiger partial charge < -0.3 is 9.84 Å². The van der Waals surface area contributed by atoms with Crippen molar-refractivity contribution in [3.63, 3.8) is 0 Å². The van der Waals surface area contributed by atoms with E-state index in [0.717, 1.165) is 44.9 Å². The molecular weight excluding hydrogens is 316 g/mol. The maximum absolute atomic E-state index is 11.4. The molecule has 4 nitrogen and oxygen atoms in total. The van der Waals surface area contributed by atoms with Gasteiger partial charge in [0.05, 0.1) is 0 Å². The molecule has 0 aliphatic heterocycles. The van der Waals surface area contributed by atoms with Gasteiger partial charge in [-0.05, 0) is 32.1 Å². The molecule has 0 aromatic carbocycles. The smallest absolute Gasteiger partial charge is 0.330 e. The Bertz CT molecular complexity index is 352. The van der Waals surface area contributed by atoms with E-state index >= 15 is 0 Å². The first-order valence-electron chi connectivity index (χ1n) is 10.1. The largest absolute Gasteiger partial charge is 0.481 e. The van der Waals surface area contributed by atoms with Crippen molar-refractivity contribution in [3.05, 3.63) is 12.7 Å². The Morgan fingerprint density at radius 1 is 0.880 bits per heavy atom. The minimum atomic E-state index is -0.693. The van der Waals surface area contributed by atoms with Crippen LogP contribution in [-0.2, 0) is 14.3 Å². The van der Waals surface area contributed by atoms with Gasteiger partial charge in [-0.3, -0.25) is 4.79 Å². The first-order valence-corrected chi connectivity index (χ1v) is 10.1. The third-order valence-corrected chi connectivity index (χ3v) is 4.50. The van der Waals surface area contributed by atoms with Crippen LogP contribution in [0.4, 0.5) is 0 Å². The number of carbonyl (C=O) groups excluding carboxylic acids is 1. The van der Waals surface area contributed by atoms with E-state index in [1.807, 2.05) is 0 Å². The molecule has 0 saturated heterocycles. The minimum Gasteiger partial charge on any atom is -0.481 e. The van der Waals surface area contributed by atoms with Gasteiger partial charge in [0.15, 0.2) is 0 Å². The summed E-state index contributed by atoms with van der Waals surface area (Å²) in [6.07, 6.45) is 17.1. The van der Waals surface area contributed by atoms with Crippen LogP contribution in [0.1, 0.15) is 103 Å². The number of carbonyl (C=O) groups is 2. The highest BCUT2D eigenvalue weighted by molar-refractivity contribution is 5.81. The van der Waals surface area contributed by atoms with Crippen molar-refractivity contribution in [2.24, 2.45) is 0 Å². The molecule has 0 saturated carbocycles. The second kappa shape index (κ2) is 17.5. The van der Waals surface area contributed by atoms with Gasteiger partial charge in [0.2, 0.25) is 0 Å². The molecule has 0 spiro atoms. The fourth-order valence-electron chi connectivity index (χ4n) is 2.98. The molecule has 25 heavy (non-hydrogen) atoms. The van der Waals surface area contributed by atoms with Gasteiger partial charge in [0, 0.05) is 12.5 Å². The summed E-state index contributed by atoms with van der Waals surface area (Å²) in [5, 5.41) is 8.57. The first-order chi connectivity index (χ1) is 12.1.